The van der Waals surface area contributed by atoms with Crippen LogP contribution in [0.5, 0.6) is 0 Å². The molecule has 122 valence electrons. The third-order valence-corrected chi connectivity index (χ3v) is 3.62. The highest BCUT2D eigenvalue weighted by atomic mass is 16.5. The molecular weight excluding hydrogens is 292 g/mol. The van der Waals surface area contributed by atoms with Crippen LogP contribution < -0.4 is 0 Å². The summed E-state index contributed by atoms with van der Waals surface area (Å²) in [5.41, 5.74) is -0.633. The lowest BCUT2D eigenvalue weighted by Crippen LogP contribution is -2.42. The van der Waals surface area contributed by atoms with E-state index in [1.54, 1.807) is 6.08 Å². The maximum Gasteiger partial charge on any atom is 0.324 e. The number of rotatable bonds is 6. The molecule has 0 aromatic heterocycles. The molecule has 0 aliphatic heterocycles. The summed E-state index contributed by atoms with van der Waals surface area (Å²) in [4.78, 5) is 24.6. The van der Waals surface area contributed by atoms with Crippen molar-refractivity contribution in [2.45, 2.75) is 19.8 Å². The normalized spacial score (nSPS) is 11.6. The SMILES string of the molecule is C=CC(C)CC(CC#Cc1ccccc1)(C(=O)OC)C(=O)OC. The average molecular weight is 314 g/mol. The molecule has 1 rings (SSSR count). The van der Waals surface area contributed by atoms with Gasteiger partial charge in [-0.25, -0.2) is 0 Å². The van der Waals surface area contributed by atoms with E-state index in [2.05, 4.69) is 18.4 Å². The smallest absolute Gasteiger partial charge is 0.324 e. The van der Waals surface area contributed by atoms with E-state index in [-0.39, 0.29) is 18.8 Å². The van der Waals surface area contributed by atoms with Crippen molar-refractivity contribution in [2.24, 2.45) is 11.3 Å². The van der Waals surface area contributed by atoms with Crippen molar-refractivity contribution in [3.05, 3.63) is 48.6 Å². The molecule has 1 atom stereocenters. The minimum atomic E-state index is -1.45. The van der Waals surface area contributed by atoms with E-state index in [0.717, 1.165) is 5.56 Å². The minimum Gasteiger partial charge on any atom is -0.468 e. The molecule has 0 fully saturated rings. The summed E-state index contributed by atoms with van der Waals surface area (Å²) in [6.07, 6.45) is 1.95. The fourth-order valence-electron chi connectivity index (χ4n) is 2.31. The zero-order chi connectivity index (χ0) is 17.3. The van der Waals surface area contributed by atoms with Gasteiger partial charge >= 0.3 is 11.9 Å². The molecule has 4 heteroatoms. The lowest BCUT2D eigenvalue weighted by atomic mass is 9.77. The van der Waals surface area contributed by atoms with E-state index >= 15 is 0 Å². The first-order valence-corrected chi connectivity index (χ1v) is 7.33. The Labute approximate surface area is 137 Å². The number of hydrogen-bond donors (Lipinski definition) is 0. The van der Waals surface area contributed by atoms with Gasteiger partial charge in [0.25, 0.3) is 0 Å². The van der Waals surface area contributed by atoms with Gasteiger partial charge in [-0.1, -0.05) is 43.0 Å². The summed E-state index contributed by atoms with van der Waals surface area (Å²) in [5, 5.41) is 0. The highest BCUT2D eigenvalue weighted by Crippen LogP contribution is 2.34. The summed E-state index contributed by atoms with van der Waals surface area (Å²) < 4.78 is 9.69. The van der Waals surface area contributed by atoms with E-state index < -0.39 is 17.4 Å². The van der Waals surface area contributed by atoms with Crippen LogP contribution in [0, 0.1) is 23.2 Å². The van der Waals surface area contributed by atoms with Gasteiger partial charge in [0.15, 0.2) is 5.41 Å². The first-order valence-electron chi connectivity index (χ1n) is 7.33. The first-order chi connectivity index (χ1) is 11.0. The Morgan fingerprint density at radius 3 is 2.26 bits per heavy atom. The van der Waals surface area contributed by atoms with Crippen LogP contribution in [0.3, 0.4) is 0 Å². The third-order valence-electron chi connectivity index (χ3n) is 3.62. The number of ether oxygens (including phenoxy) is 2. The Hall–Kier alpha value is -2.54. The van der Waals surface area contributed by atoms with Gasteiger partial charge in [-0.3, -0.25) is 9.59 Å². The highest BCUT2D eigenvalue weighted by Gasteiger charge is 2.48. The number of allylic oxidation sites excluding steroid dienone is 1. The maximum absolute atomic E-state index is 12.3. The van der Waals surface area contributed by atoms with E-state index in [1.165, 1.54) is 14.2 Å². The molecule has 0 heterocycles. The Morgan fingerprint density at radius 2 is 1.78 bits per heavy atom. The number of benzene rings is 1. The number of hydrogen-bond acceptors (Lipinski definition) is 4. The third kappa shape index (κ3) is 4.72. The second-order valence-electron chi connectivity index (χ2n) is 5.33. The molecule has 1 aromatic rings. The molecule has 0 aliphatic rings. The first kappa shape index (κ1) is 18.5. The summed E-state index contributed by atoms with van der Waals surface area (Å²) in [6.45, 7) is 5.58. The number of esters is 2. The largest absolute Gasteiger partial charge is 0.468 e. The van der Waals surface area contributed by atoms with E-state index in [4.69, 9.17) is 9.47 Å². The van der Waals surface area contributed by atoms with Gasteiger partial charge in [0.2, 0.25) is 0 Å². The fourth-order valence-corrected chi connectivity index (χ4v) is 2.31. The molecule has 23 heavy (non-hydrogen) atoms. The molecule has 0 radical (unpaired) electrons. The summed E-state index contributed by atoms with van der Waals surface area (Å²) >= 11 is 0. The second kappa shape index (κ2) is 8.79. The minimum absolute atomic E-state index is 0.0272. The molecule has 0 aliphatic carbocycles. The van der Waals surface area contributed by atoms with Crippen molar-refractivity contribution in [3.63, 3.8) is 0 Å². The quantitative estimate of drug-likeness (QED) is 0.350. The van der Waals surface area contributed by atoms with E-state index in [0.29, 0.717) is 0 Å². The predicted octanol–water partition coefficient (Wildman–Crippen LogP) is 2.97. The Balaban J connectivity index is 3.15. The topological polar surface area (TPSA) is 52.6 Å². The van der Waals surface area contributed by atoms with Crippen LogP contribution in [0.1, 0.15) is 25.3 Å². The van der Waals surface area contributed by atoms with Crippen LogP contribution >= 0.6 is 0 Å². The summed E-state index contributed by atoms with van der Waals surface area (Å²) in [7, 11) is 2.51. The van der Waals surface area contributed by atoms with Crippen LogP contribution in [-0.4, -0.2) is 26.2 Å². The van der Waals surface area contributed by atoms with Crippen LogP contribution in [0.4, 0.5) is 0 Å². The Kier molecular flexibility index (Phi) is 7.08. The van der Waals surface area contributed by atoms with Crippen molar-refractivity contribution in [2.75, 3.05) is 14.2 Å². The zero-order valence-electron chi connectivity index (χ0n) is 13.8. The van der Waals surface area contributed by atoms with Crippen LogP contribution in [-0.2, 0) is 19.1 Å². The summed E-state index contributed by atoms with van der Waals surface area (Å²) in [5.74, 6) is 4.53. The highest BCUT2D eigenvalue weighted by molar-refractivity contribution is 6.00. The molecule has 0 spiro atoms. The number of carbonyl (C=O) groups is 2. The molecular formula is C19H22O4. The van der Waals surface area contributed by atoms with Crippen LogP contribution in [0.15, 0.2) is 43.0 Å². The van der Waals surface area contributed by atoms with Gasteiger partial charge < -0.3 is 9.47 Å². The molecule has 0 saturated heterocycles. The van der Waals surface area contributed by atoms with Crippen molar-refractivity contribution >= 4 is 11.9 Å². The molecule has 4 nitrogen and oxygen atoms in total. The summed E-state index contributed by atoms with van der Waals surface area (Å²) in [6, 6.07) is 9.36. The van der Waals surface area contributed by atoms with Crippen molar-refractivity contribution in [3.8, 4) is 11.8 Å². The van der Waals surface area contributed by atoms with Crippen molar-refractivity contribution < 1.29 is 19.1 Å². The molecule has 1 unspecified atom stereocenters. The maximum atomic E-state index is 12.3. The fraction of sp³-hybridized carbons (Fsp3) is 0.368. The lowest BCUT2D eigenvalue weighted by molar-refractivity contribution is -0.170. The monoisotopic (exact) mass is 314 g/mol. The van der Waals surface area contributed by atoms with Gasteiger partial charge in [0, 0.05) is 12.0 Å². The van der Waals surface area contributed by atoms with E-state index in [9.17, 15) is 9.59 Å². The number of carbonyl (C=O) groups excluding carboxylic acids is 2. The second-order valence-corrected chi connectivity index (χ2v) is 5.33. The van der Waals surface area contributed by atoms with Gasteiger partial charge in [0.05, 0.1) is 14.2 Å². The average Bonchev–Trinajstić information content (AvgIpc) is 2.59. The van der Waals surface area contributed by atoms with Crippen LogP contribution in [0.25, 0.3) is 0 Å². The molecule has 0 bridgehead atoms. The zero-order valence-corrected chi connectivity index (χ0v) is 13.8. The molecule has 0 saturated carbocycles. The van der Waals surface area contributed by atoms with Crippen molar-refractivity contribution in [1.29, 1.82) is 0 Å². The lowest BCUT2D eigenvalue weighted by Gasteiger charge is -2.28. The Morgan fingerprint density at radius 1 is 1.22 bits per heavy atom. The van der Waals surface area contributed by atoms with Gasteiger partial charge in [0.1, 0.15) is 0 Å². The van der Waals surface area contributed by atoms with Crippen molar-refractivity contribution in [1.82, 2.24) is 0 Å². The van der Waals surface area contributed by atoms with E-state index in [1.807, 2.05) is 37.3 Å². The van der Waals surface area contributed by atoms with Gasteiger partial charge in [-0.15, -0.1) is 6.58 Å². The van der Waals surface area contributed by atoms with Gasteiger partial charge in [-0.2, -0.15) is 0 Å². The van der Waals surface area contributed by atoms with Gasteiger partial charge in [-0.05, 0) is 24.5 Å². The standard InChI is InChI=1S/C19H22O4/c1-5-15(2)14-19(17(20)22-3,18(21)23-4)13-9-12-16-10-7-6-8-11-16/h5-8,10-11,15H,1,13-14H2,2-4H3. The number of methoxy groups -OCH3 is 2. The van der Waals surface area contributed by atoms with Crippen LogP contribution in [0.2, 0.25) is 0 Å². The molecule has 1 aromatic carbocycles. The molecule has 0 amide bonds. The molecule has 0 N–H and O–H groups in total. The Bertz CT molecular complexity index is 591. The predicted molar refractivity (Wildman–Crippen MR) is 88.4 cm³/mol.